The average Bonchev–Trinajstić information content (AvgIpc) is 2.62. The van der Waals surface area contributed by atoms with Crippen LogP contribution in [0.4, 0.5) is 8.78 Å². The van der Waals surface area contributed by atoms with E-state index < -0.39 is 11.6 Å². The van der Waals surface area contributed by atoms with Crippen LogP contribution in [-0.4, -0.2) is 19.2 Å². The first kappa shape index (κ1) is 18.4. The van der Waals surface area contributed by atoms with Gasteiger partial charge < -0.3 is 9.47 Å². The average molecular weight is 360 g/mol. The Kier molecular flexibility index (Phi) is 5.55. The summed E-state index contributed by atoms with van der Waals surface area (Å²) < 4.78 is 37.7. The SMILES string of the molecule is COc1ccc(CCCCc2ccc3c(c2)C(=O)OC(C)C3)c(F)c1F. The number of cyclic esters (lactones) is 1. The molecular formula is C21H22F2O3. The van der Waals surface area contributed by atoms with E-state index in [4.69, 9.17) is 9.47 Å². The number of rotatable bonds is 6. The van der Waals surface area contributed by atoms with Crippen LogP contribution < -0.4 is 4.74 Å². The molecular weight excluding hydrogens is 338 g/mol. The number of hydrogen-bond acceptors (Lipinski definition) is 3. The largest absolute Gasteiger partial charge is 0.494 e. The van der Waals surface area contributed by atoms with Gasteiger partial charge in [0, 0.05) is 6.42 Å². The van der Waals surface area contributed by atoms with Gasteiger partial charge in [0.2, 0.25) is 5.82 Å². The summed E-state index contributed by atoms with van der Waals surface area (Å²) in [7, 11) is 1.31. The second kappa shape index (κ2) is 7.85. The van der Waals surface area contributed by atoms with Crippen LogP contribution in [0.3, 0.4) is 0 Å². The van der Waals surface area contributed by atoms with Gasteiger partial charge in [0.15, 0.2) is 11.6 Å². The lowest BCUT2D eigenvalue weighted by Crippen LogP contribution is -2.25. The van der Waals surface area contributed by atoms with Crippen LogP contribution in [-0.2, 0) is 24.0 Å². The van der Waals surface area contributed by atoms with E-state index >= 15 is 0 Å². The summed E-state index contributed by atoms with van der Waals surface area (Å²) in [5.74, 6) is -2.12. The predicted octanol–water partition coefficient (Wildman–Crippen LogP) is 4.64. The van der Waals surface area contributed by atoms with Crippen LogP contribution in [0, 0.1) is 11.6 Å². The Hall–Kier alpha value is -2.43. The van der Waals surface area contributed by atoms with E-state index in [9.17, 15) is 13.6 Å². The molecule has 1 aliphatic rings. The van der Waals surface area contributed by atoms with Crippen LogP contribution in [0.2, 0.25) is 0 Å². The van der Waals surface area contributed by atoms with E-state index in [1.54, 1.807) is 6.07 Å². The number of benzene rings is 2. The van der Waals surface area contributed by atoms with Crippen molar-refractivity contribution in [3.63, 3.8) is 0 Å². The Balaban J connectivity index is 1.57. The molecule has 0 aliphatic carbocycles. The molecule has 3 nitrogen and oxygen atoms in total. The Morgan fingerprint density at radius 2 is 1.88 bits per heavy atom. The minimum atomic E-state index is -0.938. The van der Waals surface area contributed by atoms with Gasteiger partial charge in [-0.3, -0.25) is 0 Å². The summed E-state index contributed by atoms with van der Waals surface area (Å²) in [6.45, 7) is 1.88. The molecule has 0 N–H and O–H groups in total. The van der Waals surface area contributed by atoms with E-state index in [-0.39, 0.29) is 17.8 Å². The van der Waals surface area contributed by atoms with E-state index in [1.165, 1.54) is 13.2 Å². The molecule has 0 spiro atoms. The lowest BCUT2D eigenvalue weighted by molar-refractivity contribution is 0.0301. The van der Waals surface area contributed by atoms with Crippen molar-refractivity contribution in [1.82, 2.24) is 0 Å². The molecule has 0 fully saturated rings. The maximum Gasteiger partial charge on any atom is 0.338 e. The smallest absolute Gasteiger partial charge is 0.338 e. The number of fused-ring (bicyclic) bond motifs is 1. The van der Waals surface area contributed by atoms with Crippen LogP contribution >= 0.6 is 0 Å². The molecule has 1 unspecified atom stereocenters. The summed E-state index contributed by atoms with van der Waals surface area (Å²) in [5.41, 5.74) is 3.07. The van der Waals surface area contributed by atoms with Crippen molar-refractivity contribution in [2.75, 3.05) is 7.11 Å². The zero-order chi connectivity index (χ0) is 18.7. The number of hydrogen-bond donors (Lipinski definition) is 0. The van der Waals surface area contributed by atoms with Crippen molar-refractivity contribution in [3.05, 3.63) is 64.2 Å². The summed E-state index contributed by atoms with van der Waals surface area (Å²) >= 11 is 0. The fourth-order valence-corrected chi connectivity index (χ4v) is 3.31. The summed E-state index contributed by atoms with van der Waals surface area (Å²) in [6, 6.07) is 8.91. The van der Waals surface area contributed by atoms with Gasteiger partial charge in [-0.15, -0.1) is 0 Å². The van der Waals surface area contributed by atoms with Gasteiger partial charge in [0.25, 0.3) is 0 Å². The van der Waals surface area contributed by atoms with Gasteiger partial charge in [0.1, 0.15) is 6.10 Å². The number of halogens is 2. The zero-order valence-corrected chi connectivity index (χ0v) is 15.0. The fraction of sp³-hybridized carbons (Fsp3) is 0.381. The molecule has 26 heavy (non-hydrogen) atoms. The highest BCUT2D eigenvalue weighted by atomic mass is 19.2. The van der Waals surface area contributed by atoms with Crippen LogP contribution in [0.25, 0.3) is 0 Å². The number of aryl methyl sites for hydroxylation is 2. The number of methoxy groups -OCH3 is 1. The lowest BCUT2D eigenvalue weighted by Gasteiger charge is -2.22. The first-order valence-electron chi connectivity index (χ1n) is 8.83. The summed E-state index contributed by atoms with van der Waals surface area (Å²) in [4.78, 5) is 12.0. The second-order valence-corrected chi connectivity index (χ2v) is 6.67. The topological polar surface area (TPSA) is 35.5 Å². The summed E-state index contributed by atoms with van der Waals surface area (Å²) in [6.07, 6.45) is 3.43. The molecule has 138 valence electrons. The highest BCUT2D eigenvalue weighted by Gasteiger charge is 2.23. The van der Waals surface area contributed by atoms with Crippen molar-refractivity contribution in [2.24, 2.45) is 0 Å². The summed E-state index contributed by atoms with van der Waals surface area (Å²) in [5, 5.41) is 0. The first-order valence-corrected chi connectivity index (χ1v) is 8.83. The van der Waals surface area contributed by atoms with Crippen LogP contribution in [0.1, 0.15) is 46.8 Å². The van der Waals surface area contributed by atoms with E-state index in [0.29, 0.717) is 17.5 Å². The maximum absolute atomic E-state index is 14.0. The second-order valence-electron chi connectivity index (χ2n) is 6.67. The number of carbonyl (C=O) groups is 1. The number of esters is 1. The van der Waals surface area contributed by atoms with Crippen molar-refractivity contribution in [2.45, 2.75) is 45.1 Å². The third-order valence-electron chi connectivity index (χ3n) is 4.72. The monoisotopic (exact) mass is 360 g/mol. The zero-order valence-electron chi connectivity index (χ0n) is 15.0. The highest BCUT2D eigenvalue weighted by molar-refractivity contribution is 5.92. The molecule has 3 rings (SSSR count). The van der Waals surface area contributed by atoms with Crippen molar-refractivity contribution < 1.29 is 23.0 Å². The molecule has 0 radical (unpaired) electrons. The predicted molar refractivity (Wildman–Crippen MR) is 94.6 cm³/mol. The third-order valence-corrected chi connectivity index (χ3v) is 4.72. The molecule has 0 bridgehead atoms. The van der Waals surface area contributed by atoms with Gasteiger partial charge >= 0.3 is 5.97 Å². The van der Waals surface area contributed by atoms with E-state index in [0.717, 1.165) is 36.8 Å². The molecule has 0 aromatic heterocycles. The number of ether oxygens (including phenoxy) is 2. The lowest BCUT2D eigenvalue weighted by atomic mass is 9.95. The van der Waals surface area contributed by atoms with E-state index in [1.807, 2.05) is 25.1 Å². The molecule has 1 heterocycles. The third kappa shape index (κ3) is 3.87. The Morgan fingerprint density at radius 3 is 2.65 bits per heavy atom. The number of unbranched alkanes of at least 4 members (excludes halogenated alkanes) is 1. The number of carbonyl (C=O) groups excluding carboxylic acids is 1. The molecule has 0 amide bonds. The van der Waals surface area contributed by atoms with Gasteiger partial charge in [-0.05, 0) is 61.4 Å². The highest BCUT2D eigenvalue weighted by Crippen LogP contribution is 2.25. The van der Waals surface area contributed by atoms with Crippen molar-refractivity contribution in [1.29, 1.82) is 0 Å². The first-order chi connectivity index (χ1) is 12.5. The molecule has 1 aliphatic heterocycles. The maximum atomic E-state index is 14.0. The van der Waals surface area contributed by atoms with E-state index in [2.05, 4.69) is 0 Å². The molecule has 0 saturated heterocycles. The Bertz CT molecular complexity index is 817. The molecule has 2 aromatic carbocycles. The molecule has 0 saturated carbocycles. The molecule has 1 atom stereocenters. The normalized spacial score (nSPS) is 16.2. The Morgan fingerprint density at radius 1 is 1.12 bits per heavy atom. The fourth-order valence-electron chi connectivity index (χ4n) is 3.31. The molecule has 5 heteroatoms. The minimum absolute atomic E-state index is 0.0819. The van der Waals surface area contributed by atoms with Crippen molar-refractivity contribution in [3.8, 4) is 5.75 Å². The van der Waals surface area contributed by atoms with Crippen LogP contribution in [0.15, 0.2) is 30.3 Å². The van der Waals surface area contributed by atoms with Gasteiger partial charge in [-0.1, -0.05) is 18.2 Å². The minimum Gasteiger partial charge on any atom is -0.494 e. The van der Waals surface area contributed by atoms with Gasteiger partial charge in [-0.2, -0.15) is 4.39 Å². The Labute approximate surface area is 151 Å². The van der Waals surface area contributed by atoms with Gasteiger partial charge in [-0.25, -0.2) is 9.18 Å². The van der Waals surface area contributed by atoms with Crippen molar-refractivity contribution >= 4 is 5.97 Å². The van der Waals surface area contributed by atoms with Gasteiger partial charge in [0.05, 0.1) is 12.7 Å². The molecule has 2 aromatic rings. The standard InChI is InChI=1S/C21H22F2O3/c1-13-11-16-8-7-14(12-17(16)21(24)26-13)5-3-4-6-15-9-10-18(25-2)20(23)19(15)22/h7-10,12-13H,3-6,11H2,1-2H3. The van der Waals surface area contributed by atoms with Crippen LogP contribution in [0.5, 0.6) is 5.75 Å². The quantitative estimate of drug-likeness (QED) is 0.556.